The van der Waals surface area contributed by atoms with Gasteiger partial charge in [0, 0.05) is 20.1 Å². The third-order valence-corrected chi connectivity index (χ3v) is 6.58. The Morgan fingerprint density at radius 1 is 1.38 bits per heavy atom. The van der Waals surface area contributed by atoms with E-state index >= 15 is 0 Å². The summed E-state index contributed by atoms with van der Waals surface area (Å²) in [6.07, 6.45) is 3.60. The van der Waals surface area contributed by atoms with Gasteiger partial charge in [-0.05, 0) is 43.5 Å². The summed E-state index contributed by atoms with van der Waals surface area (Å²) >= 11 is 1.10. The van der Waals surface area contributed by atoms with E-state index in [-0.39, 0.29) is 10.7 Å². The summed E-state index contributed by atoms with van der Waals surface area (Å²) in [6.45, 7) is 2.36. The first-order valence-electron chi connectivity index (χ1n) is 10.3. The number of methoxy groups -OCH3 is 1. The molecule has 1 aromatic carbocycles. The van der Waals surface area contributed by atoms with Crippen LogP contribution in [-0.4, -0.2) is 47.4 Å². The maximum absolute atomic E-state index is 13.8. The van der Waals surface area contributed by atoms with E-state index in [0.717, 1.165) is 43.1 Å². The van der Waals surface area contributed by atoms with Gasteiger partial charge in [-0.3, -0.25) is 9.48 Å². The number of carbonyl (C=O) groups excluding carboxylic acids is 1. The number of hydrogen-bond acceptors (Lipinski definition) is 8. The highest BCUT2D eigenvalue weighted by Crippen LogP contribution is 2.37. The standard InChI is InChI=1S/C21H26FN7O2S/c1-28-21(29-7-5-12(10-23)6-8-29)15(11-25-28)26-19(30)17-18(24)32-20(27-17)14-9-13(22)3-4-16(14)31-2/h3-4,9,11-12H,5-8,10,23-24H2,1-2H3,(H,26,30). The number of aryl methyl sites for hydroxylation is 1. The van der Waals surface area contributed by atoms with E-state index < -0.39 is 11.7 Å². The van der Waals surface area contributed by atoms with Crippen LogP contribution in [0.2, 0.25) is 0 Å². The van der Waals surface area contributed by atoms with Crippen molar-refractivity contribution < 1.29 is 13.9 Å². The van der Waals surface area contributed by atoms with E-state index in [9.17, 15) is 9.18 Å². The number of nitrogens with two attached hydrogens (primary N) is 2. The second-order valence-corrected chi connectivity index (χ2v) is 8.73. The summed E-state index contributed by atoms with van der Waals surface area (Å²) in [7, 11) is 3.33. The third kappa shape index (κ3) is 4.26. The minimum Gasteiger partial charge on any atom is -0.496 e. The fourth-order valence-electron chi connectivity index (χ4n) is 3.91. The molecule has 1 fully saturated rings. The van der Waals surface area contributed by atoms with Crippen LogP contribution < -0.4 is 26.4 Å². The zero-order valence-electron chi connectivity index (χ0n) is 18.0. The molecule has 5 N–H and O–H groups in total. The van der Waals surface area contributed by atoms with Gasteiger partial charge in [0.1, 0.15) is 27.3 Å². The fourth-order valence-corrected chi connectivity index (χ4v) is 4.76. The molecule has 0 radical (unpaired) electrons. The topological polar surface area (TPSA) is 124 Å². The Balaban J connectivity index is 1.57. The van der Waals surface area contributed by atoms with Crippen LogP contribution in [0.1, 0.15) is 23.3 Å². The molecule has 1 aliphatic rings. The Bertz CT molecular complexity index is 1120. The number of thiazole rings is 1. The molecule has 32 heavy (non-hydrogen) atoms. The van der Waals surface area contributed by atoms with E-state index in [0.29, 0.717) is 34.5 Å². The number of aromatic nitrogens is 3. The van der Waals surface area contributed by atoms with Crippen LogP contribution in [0.15, 0.2) is 24.4 Å². The van der Waals surface area contributed by atoms with Crippen molar-refractivity contribution in [2.24, 2.45) is 18.7 Å². The normalized spacial score (nSPS) is 14.6. The average molecular weight is 460 g/mol. The van der Waals surface area contributed by atoms with Crippen molar-refractivity contribution in [3.8, 4) is 16.3 Å². The molecule has 1 amide bonds. The molecule has 3 heterocycles. The summed E-state index contributed by atoms with van der Waals surface area (Å²) in [6, 6.07) is 4.12. The minimum absolute atomic E-state index is 0.0768. The predicted octanol–water partition coefficient (Wildman–Crippen LogP) is 2.70. The molecule has 0 spiro atoms. The van der Waals surface area contributed by atoms with Crippen LogP contribution in [-0.2, 0) is 7.05 Å². The molecule has 0 aliphatic carbocycles. The highest BCUT2D eigenvalue weighted by Gasteiger charge is 2.25. The summed E-state index contributed by atoms with van der Waals surface area (Å²) in [4.78, 5) is 19.6. The van der Waals surface area contributed by atoms with Crippen LogP contribution in [0.25, 0.3) is 10.6 Å². The quantitative estimate of drug-likeness (QED) is 0.518. The smallest absolute Gasteiger partial charge is 0.277 e. The lowest BCUT2D eigenvalue weighted by atomic mass is 9.97. The molecule has 170 valence electrons. The fraction of sp³-hybridized carbons (Fsp3) is 0.381. The number of rotatable bonds is 6. The van der Waals surface area contributed by atoms with E-state index in [4.69, 9.17) is 16.2 Å². The lowest BCUT2D eigenvalue weighted by molar-refractivity contribution is 0.102. The third-order valence-electron chi connectivity index (χ3n) is 5.66. The second-order valence-electron chi connectivity index (χ2n) is 7.70. The van der Waals surface area contributed by atoms with Crippen LogP contribution >= 0.6 is 11.3 Å². The molecule has 1 aliphatic heterocycles. The van der Waals surface area contributed by atoms with Gasteiger partial charge in [0.2, 0.25) is 0 Å². The molecule has 0 bridgehead atoms. The first-order valence-corrected chi connectivity index (χ1v) is 11.1. The predicted molar refractivity (Wildman–Crippen MR) is 124 cm³/mol. The molecule has 3 aromatic rings. The van der Waals surface area contributed by atoms with E-state index in [2.05, 4.69) is 20.3 Å². The van der Waals surface area contributed by atoms with Gasteiger partial charge in [0.15, 0.2) is 11.5 Å². The Morgan fingerprint density at radius 2 is 2.12 bits per heavy atom. The second kappa shape index (κ2) is 9.13. The SMILES string of the molecule is COc1ccc(F)cc1-c1nc(C(=O)Nc2cnn(C)c2N2CCC(CN)CC2)c(N)s1. The number of anilines is 3. The van der Waals surface area contributed by atoms with Gasteiger partial charge in [-0.25, -0.2) is 9.37 Å². The maximum Gasteiger partial charge on any atom is 0.277 e. The number of amides is 1. The summed E-state index contributed by atoms with van der Waals surface area (Å²) < 4.78 is 20.8. The van der Waals surface area contributed by atoms with Crippen molar-refractivity contribution in [1.29, 1.82) is 0 Å². The summed E-state index contributed by atoms with van der Waals surface area (Å²) in [5.74, 6) is 0.910. The molecule has 4 rings (SSSR count). The van der Waals surface area contributed by atoms with Gasteiger partial charge < -0.3 is 26.4 Å². The number of benzene rings is 1. The first-order chi connectivity index (χ1) is 15.4. The number of hydrogen-bond donors (Lipinski definition) is 3. The zero-order valence-corrected chi connectivity index (χ0v) is 18.8. The van der Waals surface area contributed by atoms with E-state index in [1.54, 1.807) is 10.9 Å². The highest BCUT2D eigenvalue weighted by atomic mass is 32.1. The Labute approximate surface area is 189 Å². The monoisotopic (exact) mass is 459 g/mol. The lowest BCUT2D eigenvalue weighted by Gasteiger charge is -2.33. The van der Waals surface area contributed by atoms with Gasteiger partial charge in [0.25, 0.3) is 5.91 Å². The number of nitrogens with zero attached hydrogens (tertiary/aromatic N) is 4. The number of carbonyl (C=O) groups is 1. The molecule has 0 saturated carbocycles. The van der Waals surface area contributed by atoms with Crippen molar-refractivity contribution in [1.82, 2.24) is 14.8 Å². The van der Waals surface area contributed by atoms with Gasteiger partial charge in [0.05, 0.1) is 18.9 Å². The molecule has 0 atom stereocenters. The molecular formula is C21H26FN7O2S. The number of nitrogens with one attached hydrogen (secondary N) is 1. The molecular weight excluding hydrogens is 433 g/mol. The van der Waals surface area contributed by atoms with Crippen LogP contribution in [0.5, 0.6) is 5.75 Å². The number of piperidine rings is 1. The molecule has 11 heteroatoms. The Hall–Kier alpha value is -3.18. The lowest BCUT2D eigenvalue weighted by Crippen LogP contribution is -2.37. The number of halogens is 1. The summed E-state index contributed by atoms with van der Waals surface area (Å²) in [5.41, 5.74) is 13.0. The first kappa shape index (κ1) is 22.0. The van der Waals surface area contributed by atoms with Gasteiger partial charge in [-0.1, -0.05) is 11.3 Å². The number of nitrogen functional groups attached to an aromatic ring is 1. The van der Waals surface area contributed by atoms with Crippen molar-refractivity contribution in [3.05, 3.63) is 35.9 Å². The van der Waals surface area contributed by atoms with Gasteiger partial charge >= 0.3 is 0 Å². The largest absolute Gasteiger partial charge is 0.496 e. The van der Waals surface area contributed by atoms with Crippen molar-refractivity contribution in [3.63, 3.8) is 0 Å². The molecule has 2 aromatic heterocycles. The van der Waals surface area contributed by atoms with Crippen LogP contribution in [0.4, 0.5) is 20.9 Å². The Morgan fingerprint density at radius 3 is 2.81 bits per heavy atom. The van der Waals surface area contributed by atoms with Crippen molar-refractivity contribution in [2.75, 3.05) is 42.7 Å². The van der Waals surface area contributed by atoms with Gasteiger partial charge in [-0.2, -0.15) is 5.10 Å². The molecule has 1 saturated heterocycles. The Kier molecular flexibility index (Phi) is 6.28. The van der Waals surface area contributed by atoms with Crippen LogP contribution in [0.3, 0.4) is 0 Å². The number of ether oxygens (including phenoxy) is 1. The molecule has 0 unspecified atom stereocenters. The van der Waals surface area contributed by atoms with Crippen molar-refractivity contribution >= 4 is 33.8 Å². The van der Waals surface area contributed by atoms with Crippen LogP contribution in [0, 0.1) is 11.7 Å². The highest BCUT2D eigenvalue weighted by molar-refractivity contribution is 7.19. The van der Waals surface area contributed by atoms with Gasteiger partial charge in [-0.15, -0.1) is 0 Å². The summed E-state index contributed by atoms with van der Waals surface area (Å²) in [5, 5.41) is 7.84. The average Bonchev–Trinajstić information content (AvgIpc) is 3.36. The molecule has 9 nitrogen and oxygen atoms in total. The van der Waals surface area contributed by atoms with Crippen molar-refractivity contribution in [2.45, 2.75) is 12.8 Å². The minimum atomic E-state index is -0.452. The van der Waals surface area contributed by atoms with E-state index in [1.165, 1.54) is 25.3 Å². The maximum atomic E-state index is 13.8. The van der Waals surface area contributed by atoms with E-state index in [1.807, 2.05) is 7.05 Å². The zero-order chi connectivity index (χ0) is 22.8.